The molecule has 3 heteroatoms. The van der Waals surface area contributed by atoms with E-state index in [1.54, 1.807) is 0 Å². The van der Waals surface area contributed by atoms with Gasteiger partial charge in [0.15, 0.2) is 0 Å². The van der Waals surface area contributed by atoms with Crippen molar-refractivity contribution in [2.24, 2.45) is 0 Å². The molecule has 1 heterocycles. The molecule has 1 aliphatic rings. The lowest BCUT2D eigenvalue weighted by atomic mass is 10.0. The zero-order chi connectivity index (χ0) is 7.40. The number of rotatable bonds is 2. The first-order chi connectivity index (χ1) is 4.84. The van der Waals surface area contributed by atoms with Gasteiger partial charge >= 0.3 is 0 Å². The maximum atomic E-state index is 9.37. The largest absolute Gasteiger partial charge is 0.390 e. The molecule has 0 bridgehead atoms. The van der Waals surface area contributed by atoms with Crippen LogP contribution >= 0.6 is 22.6 Å². The van der Waals surface area contributed by atoms with Crippen LogP contribution in [0.25, 0.3) is 0 Å². The Kier molecular flexibility index (Phi) is 3.95. The van der Waals surface area contributed by atoms with Crippen LogP contribution in [0.2, 0.25) is 0 Å². The Bertz CT molecular complexity index is 95.6. The summed E-state index contributed by atoms with van der Waals surface area (Å²) in [6.45, 7) is 0.832. The summed E-state index contributed by atoms with van der Waals surface area (Å²) >= 11 is 2.31. The standard InChI is InChI=1S/C7H13IO2/c8-4-3-7-6(9)2-1-5-10-7/h6-7,9H,1-5H2/t6-,7+/m1/s1. The molecule has 0 saturated carbocycles. The first-order valence-electron chi connectivity index (χ1n) is 3.70. The number of hydrogen-bond acceptors (Lipinski definition) is 2. The van der Waals surface area contributed by atoms with Crippen molar-refractivity contribution in [3.8, 4) is 0 Å². The van der Waals surface area contributed by atoms with Crippen molar-refractivity contribution in [2.75, 3.05) is 11.0 Å². The van der Waals surface area contributed by atoms with E-state index >= 15 is 0 Å². The summed E-state index contributed by atoms with van der Waals surface area (Å²) in [5.74, 6) is 0. The molecule has 0 spiro atoms. The maximum Gasteiger partial charge on any atom is 0.0841 e. The smallest absolute Gasteiger partial charge is 0.0841 e. The van der Waals surface area contributed by atoms with Crippen molar-refractivity contribution in [1.82, 2.24) is 0 Å². The molecule has 0 aliphatic carbocycles. The van der Waals surface area contributed by atoms with Crippen LogP contribution in [0.5, 0.6) is 0 Å². The second-order valence-corrected chi connectivity index (χ2v) is 3.68. The molecule has 2 nitrogen and oxygen atoms in total. The Morgan fingerprint density at radius 2 is 2.40 bits per heavy atom. The van der Waals surface area contributed by atoms with Crippen LogP contribution in [-0.2, 0) is 4.74 Å². The second-order valence-electron chi connectivity index (χ2n) is 2.60. The van der Waals surface area contributed by atoms with Crippen molar-refractivity contribution >= 4 is 22.6 Å². The van der Waals surface area contributed by atoms with E-state index in [9.17, 15) is 5.11 Å². The van der Waals surface area contributed by atoms with Crippen LogP contribution < -0.4 is 0 Å². The van der Waals surface area contributed by atoms with E-state index in [0.29, 0.717) is 0 Å². The maximum absolute atomic E-state index is 9.37. The molecule has 10 heavy (non-hydrogen) atoms. The molecule has 0 radical (unpaired) electrons. The molecule has 1 aliphatic heterocycles. The fourth-order valence-electron chi connectivity index (χ4n) is 1.21. The molecule has 1 saturated heterocycles. The molecule has 2 atom stereocenters. The molecule has 0 amide bonds. The van der Waals surface area contributed by atoms with E-state index in [1.807, 2.05) is 0 Å². The van der Waals surface area contributed by atoms with Gasteiger partial charge in [-0.1, -0.05) is 22.6 Å². The molecule has 0 aromatic rings. The lowest BCUT2D eigenvalue weighted by Gasteiger charge is -2.27. The Balaban J connectivity index is 2.25. The van der Waals surface area contributed by atoms with E-state index in [0.717, 1.165) is 30.3 Å². The molecular formula is C7H13IO2. The monoisotopic (exact) mass is 256 g/mol. The van der Waals surface area contributed by atoms with Gasteiger partial charge in [0.2, 0.25) is 0 Å². The van der Waals surface area contributed by atoms with Crippen molar-refractivity contribution in [2.45, 2.75) is 31.5 Å². The number of aliphatic hydroxyl groups excluding tert-OH is 1. The first-order valence-corrected chi connectivity index (χ1v) is 5.23. The summed E-state index contributed by atoms with van der Waals surface area (Å²) in [5, 5.41) is 9.37. The van der Waals surface area contributed by atoms with Gasteiger partial charge in [0, 0.05) is 11.0 Å². The molecular weight excluding hydrogens is 243 g/mol. The van der Waals surface area contributed by atoms with Crippen LogP contribution in [0.3, 0.4) is 0 Å². The third kappa shape index (κ3) is 2.36. The number of hydrogen-bond donors (Lipinski definition) is 1. The van der Waals surface area contributed by atoms with Gasteiger partial charge in [-0.2, -0.15) is 0 Å². The second kappa shape index (κ2) is 4.51. The van der Waals surface area contributed by atoms with E-state index in [-0.39, 0.29) is 12.2 Å². The summed E-state index contributed by atoms with van der Waals surface area (Å²) in [4.78, 5) is 0. The molecule has 1 N–H and O–H groups in total. The van der Waals surface area contributed by atoms with Crippen molar-refractivity contribution in [1.29, 1.82) is 0 Å². The zero-order valence-electron chi connectivity index (χ0n) is 5.92. The molecule has 0 aromatic heterocycles. The SMILES string of the molecule is O[C@@H]1CCCO[C@H]1CCI. The lowest BCUT2D eigenvalue weighted by molar-refractivity contribution is -0.0736. The summed E-state index contributed by atoms with van der Waals surface area (Å²) in [6, 6.07) is 0. The minimum absolute atomic E-state index is 0.116. The first kappa shape index (κ1) is 8.74. The van der Waals surface area contributed by atoms with Gasteiger partial charge in [-0.3, -0.25) is 0 Å². The van der Waals surface area contributed by atoms with Gasteiger partial charge in [0.05, 0.1) is 12.2 Å². The van der Waals surface area contributed by atoms with E-state index in [4.69, 9.17) is 4.74 Å². The predicted octanol–water partition coefficient (Wildman–Crippen LogP) is 1.35. The molecule has 1 fully saturated rings. The molecule has 0 aromatic carbocycles. The van der Waals surface area contributed by atoms with Crippen LogP contribution in [0.1, 0.15) is 19.3 Å². The van der Waals surface area contributed by atoms with E-state index < -0.39 is 0 Å². The van der Waals surface area contributed by atoms with Crippen LogP contribution in [-0.4, -0.2) is 28.3 Å². The molecule has 1 rings (SSSR count). The average Bonchev–Trinajstić information content (AvgIpc) is 1.94. The lowest BCUT2D eigenvalue weighted by Crippen LogP contribution is -2.34. The summed E-state index contributed by atoms with van der Waals surface area (Å²) in [6.07, 6.45) is 2.83. The topological polar surface area (TPSA) is 29.5 Å². The molecule has 0 unspecified atom stereocenters. The van der Waals surface area contributed by atoms with Gasteiger partial charge in [0.25, 0.3) is 0 Å². The van der Waals surface area contributed by atoms with Crippen molar-refractivity contribution in [3.05, 3.63) is 0 Å². The third-order valence-corrected chi connectivity index (χ3v) is 2.42. The minimum Gasteiger partial charge on any atom is -0.390 e. The third-order valence-electron chi connectivity index (χ3n) is 1.80. The van der Waals surface area contributed by atoms with Gasteiger partial charge in [-0.15, -0.1) is 0 Å². The zero-order valence-corrected chi connectivity index (χ0v) is 8.08. The number of ether oxygens (including phenoxy) is 1. The number of halogens is 1. The summed E-state index contributed by atoms with van der Waals surface area (Å²) in [7, 11) is 0. The quantitative estimate of drug-likeness (QED) is 0.597. The summed E-state index contributed by atoms with van der Waals surface area (Å²) in [5.41, 5.74) is 0. The Morgan fingerprint density at radius 3 is 3.00 bits per heavy atom. The van der Waals surface area contributed by atoms with Crippen LogP contribution in [0.4, 0.5) is 0 Å². The summed E-state index contributed by atoms with van der Waals surface area (Å²) < 4.78 is 6.44. The molecule has 60 valence electrons. The average molecular weight is 256 g/mol. The Labute approximate surface area is 75.1 Å². The van der Waals surface area contributed by atoms with Gasteiger partial charge in [-0.05, 0) is 19.3 Å². The highest BCUT2D eigenvalue weighted by Gasteiger charge is 2.22. The van der Waals surface area contributed by atoms with Crippen molar-refractivity contribution < 1.29 is 9.84 Å². The van der Waals surface area contributed by atoms with Crippen LogP contribution in [0.15, 0.2) is 0 Å². The minimum atomic E-state index is -0.205. The Hall–Kier alpha value is 0.650. The Morgan fingerprint density at radius 1 is 1.60 bits per heavy atom. The van der Waals surface area contributed by atoms with E-state index in [1.165, 1.54) is 0 Å². The van der Waals surface area contributed by atoms with E-state index in [2.05, 4.69) is 22.6 Å². The fraction of sp³-hybridized carbons (Fsp3) is 1.00. The van der Waals surface area contributed by atoms with Gasteiger partial charge in [-0.25, -0.2) is 0 Å². The highest BCUT2D eigenvalue weighted by Crippen LogP contribution is 2.16. The van der Waals surface area contributed by atoms with Gasteiger partial charge in [0.1, 0.15) is 0 Å². The van der Waals surface area contributed by atoms with Gasteiger partial charge < -0.3 is 9.84 Å². The van der Waals surface area contributed by atoms with Crippen molar-refractivity contribution in [3.63, 3.8) is 0 Å². The van der Waals surface area contributed by atoms with Crippen LogP contribution in [0, 0.1) is 0 Å². The highest BCUT2D eigenvalue weighted by atomic mass is 127. The predicted molar refractivity (Wildman–Crippen MR) is 48.5 cm³/mol. The number of alkyl halides is 1. The highest BCUT2D eigenvalue weighted by molar-refractivity contribution is 14.1. The number of aliphatic hydroxyl groups is 1. The normalized spacial score (nSPS) is 34.2. The fourth-order valence-corrected chi connectivity index (χ4v) is 1.82.